The molecule has 0 bridgehead atoms. The Hall–Kier alpha value is -2.99. The van der Waals surface area contributed by atoms with Crippen LogP contribution in [0.3, 0.4) is 0 Å². The topological polar surface area (TPSA) is 70.1 Å². The number of likely N-dealkylation sites (N-methyl/N-ethyl adjacent to an activating group) is 1. The maximum Gasteiger partial charge on any atom is 0.251 e. The van der Waals surface area contributed by atoms with Gasteiger partial charge in [0.05, 0.1) is 6.20 Å². The van der Waals surface area contributed by atoms with Crippen LogP contribution in [0.25, 0.3) is 21.9 Å². The monoisotopic (exact) mass is 417 g/mol. The van der Waals surface area contributed by atoms with Crippen LogP contribution in [0.5, 0.6) is 0 Å². The van der Waals surface area contributed by atoms with E-state index in [-0.39, 0.29) is 5.91 Å². The summed E-state index contributed by atoms with van der Waals surface area (Å²) < 4.78 is 0. The van der Waals surface area contributed by atoms with Gasteiger partial charge in [0.1, 0.15) is 0 Å². The van der Waals surface area contributed by atoms with E-state index in [1.807, 2.05) is 18.2 Å². The number of anilines is 1. The number of amides is 1. The van der Waals surface area contributed by atoms with Gasteiger partial charge in [0.2, 0.25) is 0 Å². The lowest BCUT2D eigenvalue weighted by Crippen LogP contribution is -2.28. The molecule has 31 heavy (non-hydrogen) atoms. The first-order valence-corrected chi connectivity index (χ1v) is 11.2. The summed E-state index contributed by atoms with van der Waals surface area (Å²) in [5.41, 5.74) is 3.99. The molecule has 1 heterocycles. The summed E-state index contributed by atoms with van der Waals surface area (Å²) in [5, 5.41) is 17.1. The van der Waals surface area contributed by atoms with Crippen molar-refractivity contribution in [3.8, 4) is 11.1 Å². The molecule has 0 aliphatic heterocycles. The Morgan fingerprint density at radius 2 is 1.94 bits per heavy atom. The fourth-order valence-corrected chi connectivity index (χ4v) is 3.83. The average Bonchev–Trinajstić information content (AvgIpc) is 3.60. The Morgan fingerprint density at radius 1 is 1.13 bits per heavy atom. The number of fused-ring (bicyclic) bond motifs is 1. The van der Waals surface area contributed by atoms with E-state index in [0.717, 1.165) is 72.3 Å². The third-order valence-electron chi connectivity index (χ3n) is 6.00. The third kappa shape index (κ3) is 5.02. The summed E-state index contributed by atoms with van der Waals surface area (Å²) in [7, 11) is 0. The maximum atomic E-state index is 12.5. The summed E-state index contributed by atoms with van der Waals surface area (Å²) in [5.74, 6) is 0.820. The number of nitrogens with one attached hydrogen (secondary N) is 2. The van der Waals surface area contributed by atoms with Gasteiger partial charge >= 0.3 is 0 Å². The Morgan fingerprint density at radius 3 is 2.68 bits per heavy atom. The minimum Gasteiger partial charge on any atom is -0.367 e. The summed E-state index contributed by atoms with van der Waals surface area (Å²) in [6.07, 6.45) is 3.97. The lowest BCUT2D eigenvalue weighted by atomic mass is 9.96. The Balaban J connectivity index is 1.57. The van der Waals surface area contributed by atoms with Gasteiger partial charge in [0.25, 0.3) is 5.91 Å². The molecule has 2 N–H and O–H groups in total. The van der Waals surface area contributed by atoms with E-state index in [0.29, 0.717) is 11.6 Å². The van der Waals surface area contributed by atoms with Crippen LogP contribution in [0.15, 0.2) is 42.6 Å². The van der Waals surface area contributed by atoms with Crippen molar-refractivity contribution in [3.63, 3.8) is 0 Å². The van der Waals surface area contributed by atoms with Crippen molar-refractivity contribution in [2.75, 3.05) is 31.5 Å². The van der Waals surface area contributed by atoms with Crippen LogP contribution in [0.2, 0.25) is 0 Å². The molecule has 6 nitrogen and oxygen atoms in total. The van der Waals surface area contributed by atoms with Gasteiger partial charge in [0, 0.05) is 35.5 Å². The molecule has 3 aromatic rings. The smallest absolute Gasteiger partial charge is 0.251 e. The zero-order chi connectivity index (χ0) is 21.8. The van der Waals surface area contributed by atoms with E-state index in [1.54, 1.807) is 6.20 Å². The van der Waals surface area contributed by atoms with Crippen molar-refractivity contribution in [3.05, 3.63) is 53.7 Å². The van der Waals surface area contributed by atoms with E-state index >= 15 is 0 Å². The molecule has 0 radical (unpaired) electrons. The van der Waals surface area contributed by atoms with Crippen LogP contribution in [0, 0.1) is 6.92 Å². The van der Waals surface area contributed by atoms with Crippen LogP contribution < -0.4 is 10.6 Å². The highest BCUT2D eigenvalue weighted by atomic mass is 16.1. The number of carbonyl (C=O) groups is 1. The highest BCUT2D eigenvalue weighted by Gasteiger charge is 2.24. The summed E-state index contributed by atoms with van der Waals surface area (Å²) in [4.78, 5) is 14.9. The molecule has 6 heteroatoms. The van der Waals surface area contributed by atoms with Gasteiger partial charge in [-0.2, -0.15) is 5.10 Å². The normalized spacial score (nSPS) is 13.5. The van der Waals surface area contributed by atoms with Crippen LogP contribution in [0.1, 0.15) is 42.6 Å². The molecule has 2 aromatic carbocycles. The van der Waals surface area contributed by atoms with E-state index < -0.39 is 0 Å². The first kappa shape index (κ1) is 21.2. The number of rotatable bonds is 9. The highest BCUT2D eigenvalue weighted by Crippen LogP contribution is 2.30. The minimum absolute atomic E-state index is 0.00935. The number of aryl methyl sites for hydroxylation is 1. The van der Waals surface area contributed by atoms with Crippen molar-refractivity contribution in [1.82, 2.24) is 20.4 Å². The van der Waals surface area contributed by atoms with Gasteiger partial charge in [-0.05, 0) is 73.8 Å². The second-order valence-electron chi connectivity index (χ2n) is 8.23. The summed E-state index contributed by atoms with van der Waals surface area (Å²) >= 11 is 0. The van der Waals surface area contributed by atoms with Gasteiger partial charge in [-0.25, -0.2) is 0 Å². The molecule has 162 valence electrons. The largest absolute Gasteiger partial charge is 0.367 e. The van der Waals surface area contributed by atoms with Gasteiger partial charge in [-0.3, -0.25) is 4.79 Å². The van der Waals surface area contributed by atoms with Gasteiger partial charge in [-0.15, -0.1) is 5.10 Å². The number of hydrogen-bond donors (Lipinski definition) is 2. The van der Waals surface area contributed by atoms with Crippen molar-refractivity contribution in [1.29, 1.82) is 0 Å². The second kappa shape index (κ2) is 9.43. The van der Waals surface area contributed by atoms with Crippen LogP contribution >= 0.6 is 0 Å². The highest BCUT2D eigenvalue weighted by molar-refractivity contribution is 5.97. The number of hydrogen-bond acceptors (Lipinski definition) is 5. The SMILES string of the molecule is CCN(CC)CCNc1nncc2cc(-c3cc(C(=O)NC4CC4)ccc3C)ccc12. The molecule has 1 aromatic heterocycles. The first-order valence-electron chi connectivity index (χ1n) is 11.2. The molecule has 1 fully saturated rings. The van der Waals surface area contributed by atoms with Crippen LogP contribution in [-0.4, -0.2) is 53.2 Å². The molecule has 1 saturated carbocycles. The number of aromatic nitrogens is 2. The molecule has 1 aliphatic carbocycles. The van der Waals surface area contributed by atoms with Crippen molar-refractivity contribution >= 4 is 22.5 Å². The lowest BCUT2D eigenvalue weighted by Gasteiger charge is -2.18. The van der Waals surface area contributed by atoms with Gasteiger partial charge in [-0.1, -0.05) is 26.0 Å². The molecule has 1 amide bonds. The van der Waals surface area contributed by atoms with Crippen LogP contribution in [-0.2, 0) is 0 Å². The first-order chi connectivity index (χ1) is 15.1. The summed E-state index contributed by atoms with van der Waals surface area (Å²) in [6.45, 7) is 10.3. The fourth-order valence-electron chi connectivity index (χ4n) is 3.83. The predicted molar refractivity (Wildman–Crippen MR) is 126 cm³/mol. The Kier molecular flexibility index (Phi) is 6.47. The lowest BCUT2D eigenvalue weighted by molar-refractivity contribution is 0.0951. The van der Waals surface area contributed by atoms with E-state index in [4.69, 9.17) is 0 Å². The van der Waals surface area contributed by atoms with E-state index in [9.17, 15) is 4.79 Å². The molecule has 0 saturated heterocycles. The number of benzene rings is 2. The third-order valence-corrected chi connectivity index (χ3v) is 6.00. The molecule has 4 rings (SSSR count). The molecule has 1 aliphatic rings. The molecular formula is C25H31N5O. The van der Waals surface area contributed by atoms with Crippen molar-refractivity contribution < 1.29 is 4.79 Å². The average molecular weight is 418 g/mol. The Labute approximate surface area is 184 Å². The zero-order valence-electron chi connectivity index (χ0n) is 18.6. The quantitative estimate of drug-likeness (QED) is 0.545. The molecule has 0 spiro atoms. The fraction of sp³-hybridized carbons (Fsp3) is 0.400. The maximum absolute atomic E-state index is 12.5. The number of nitrogens with zero attached hydrogens (tertiary/aromatic N) is 3. The van der Waals surface area contributed by atoms with Gasteiger partial charge < -0.3 is 15.5 Å². The zero-order valence-corrected chi connectivity index (χ0v) is 18.6. The van der Waals surface area contributed by atoms with Crippen molar-refractivity contribution in [2.24, 2.45) is 0 Å². The molecular weight excluding hydrogens is 386 g/mol. The Bertz CT molecular complexity index is 1070. The van der Waals surface area contributed by atoms with E-state index in [1.165, 1.54) is 0 Å². The van der Waals surface area contributed by atoms with E-state index in [2.05, 4.69) is 64.7 Å². The van der Waals surface area contributed by atoms with Gasteiger partial charge in [0.15, 0.2) is 5.82 Å². The van der Waals surface area contributed by atoms with Crippen LogP contribution in [0.4, 0.5) is 5.82 Å². The molecule has 0 unspecified atom stereocenters. The van der Waals surface area contributed by atoms with Crippen molar-refractivity contribution in [2.45, 2.75) is 39.7 Å². The standard InChI is InChI=1S/C25H31N5O/c1-4-30(5-2)13-12-26-24-22-11-8-18(14-20(22)16-27-29-24)23-15-19(7-6-17(23)3)25(31)28-21-9-10-21/h6-8,11,14-16,21H,4-5,9-10,12-13H2,1-3H3,(H,26,29)(H,28,31). The number of carbonyl (C=O) groups excluding carboxylic acids is 1. The second-order valence-corrected chi connectivity index (χ2v) is 8.23. The minimum atomic E-state index is 0.00935. The predicted octanol–water partition coefficient (Wildman–Crippen LogP) is 4.25. The molecule has 0 atom stereocenters. The summed E-state index contributed by atoms with van der Waals surface area (Å²) in [6, 6.07) is 12.6.